The molecule has 1 aliphatic rings. The van der Waals surface area contributed by atoms with E-state index < -0.39 is 23.8 Å². The van der Waals surface area contributed by atoms with Crippen molar-refractivity contribution < 1.29 is 24.2 Å². The predicted molar refractivity (Wildman–Crippen MR) is 105 cm³/mol. The number of carbonyl (C=O) groups is 1. The van der Waals surface area contributed by atoms with E-state index in [0.29, 0.717) is 16.9 Å². The predicted octanol–water partition coefficient (Wildman–Crippen LogP) is 3.72. The Balaban J connectivity index is 2.02. The highest BCUT2D eigenvalue weighted by Crippen LogP contribution is 2.43. The zero-order valence-corrected chi connectivity index (χ0v) is 16.7. The number of nitrogens with zero attached hydrogens (tertiary/aromatic N) is 2. The standard InChI is InChI=1S/C22H24N2O5/c1-4-27-21(26)24(28-14-15-8-6-5-7-9-15)19-17-12-16(13-23)10-11-18(17)29-22(2,3)20(19)25/h5-12,19-20,25H,4,14H2,1-3H3. The molecule has 0 aliphatic carbocycles. The zero-order chi connectivity index (χ0) is 21.0. The van der Waals surface area contributed by atoms with Crippen molar-refractivity contribution in [2.45, 2.75) is 45.1 Å². The lowest BCUT2D eigenvalue weighted by molar-refractivity contribution is -0.215. The van der Waals surface area contributed by atoms with Gasteiger partial charge in [0.1, 0.15) is 30.1 Å². The van der Waals surface area contributed by atoms with Crippen LogP contribution in [0, 0.1) is 11.3 Å². The Bertz CT molecular complexity index is 907. The number of nitriles is 1. The van der Waals surface area contributed by atoms with E-state index in [-0.39, 0.29) is 13.2 Å². The molecule has 3 rings (SSSR count). The van der Waals surface area contributed by atoms with Gasteiger partial charge >= 0.3 is 6.09 Å². The first-order chi connectivity index (χ1) is 13.9. The van der Waals surface area contributed by atoms with Crippen LogP contribution in [0.5, 0.6) is 5.75 Å². The number of ether oxygens (including phenoxy) is 2. The molecule has 1 amide bonds. The third-order valence-electron chi connectivity index (χ3n) is 4.76. The van der Waals surface area contributed by atoms with Gasteiger partial charge in [0.2, 0.25) is 0 Å². The second-order valence-corrected chi connectivity index (χ2v) is 7.24. The van der Waals surface area contributed by atoms with Gasteiger partial charge in [-0.05, 0) is 44.5 Å². The maximum atomic E-state index is 12.7. The van der Waals surface area contributed by atoms with Crippen LogP contribution in [0.2, 0.25) is 0 Å². The molecule has 0 spiro atoms. The number of aliphatic hydroxyl groups is 1. The van der Waals surface area contributed by atoms with Crippen molar-refractivity contribution in [3.8, 4) is 11.8 Å². The number of hydrogen-bond acceptors (Lipinski definition) is 6. The molecule has 1 aliphatic heterocycles. The quantitative estimate of drug-likeness (QED) is 0.775. The topological polar surface area (TPSA) is 92.0 Å². The minimum absolute atomic E-state index is 0.109. The van der Waals surface area contributed by atoms with Crippen LogP contribution in [-0.2, 0) is 16.2 Å². The van der Waals surface area contributed by atoms with Crippen molar-refractivity contribution in [1.82, 2.24) is 5.06 Å². The number of rotatable bonds is 5. The van der Waals surface area contributed by atoms with Gasteiger partial charge in [0.15, 0.2) is 0 Å². The first-order valence-electron chi connectivity index (χ1n) is 9.41. The van der Waals surface area contributed by atoms with Crippen LogP contribution < -0.4 is 4.74 Å². The highest BCUT2D eigenvalue weighted by atomic mass is 16.7. The molecule has 0 saturated carbocycles. The summed E-state index contributed by atoms with van der Waals surface area (Å²) in [7, 11) is 0. The average Bonchev–Trinajstić information content (AvgIpc) is 2.71. The minimum atomic E-state index is -1.12. The lowest BCUT2D eigenvalue weighted by Gasteiger charge is -2.45. The summed E-state index contributed by atoms with van der Waals surface area (Å²) in [4.78, 5) is 18.6. The molecule has 2 aromatic rings. The Kier molecular flexibility index (Phi) is 6.06. The lowest BCUT2D eigenvalue weighted by atomic mass is 9.86. The van der Waals surface area contributed by atoms with Gasteiger partial charge in [-0.1, -0.05) is 30.3 Å². The first-order valence-corrected chi connectivity index (χ1v) is 9.41. The summed E-state index contributed by atoms with van der Waals surface area (Å²) in [6.45, 7) is 5.41. The van der Waals surface area contributed by atoms with Gasteiger partial charge in [0, 0.05) is 5.56 Å². The van der Waals surface area contributed by atoms with Crippen molar-refractivity contribution in [2.24, 2.45) is 0 Å². The van der Waals surface area contributed by atoms with Crippen LogP contribution in [0.1, 0.15) is 43.5 Å². The molecule has 2 aromatic carbocycles. The number of hydrogen-bond donors (Lipinski definition) is 1. The van der Waals surface area contributed by atoms with Crippen LogP contribution in [0.3, 0.4) is 0 Å². The summed E-state index contributed by atoms with van der Waals surface area (Å²) < 4.78 is 11.1. The van der Waals surface area contributed by atoms with E-state index in [0.717, 1.165) is 10.6 Å². The average molecular weight is 396 g/mol. The van der Waals surface area contributed by atoms with Crippen LogP contribution in [0.4, 0.5) is 4.79 Å². The third-order valence-corrected chi connectivity index (χ3v) is 4.76. The van der Waals surface area contributed by atoms with Gasteiger partial charge in [-0.2, -0.15) is 10.3 Å². The van der Waals surface area contributed by atoms with Gasteiger partial charge in [0.25, 0.3) is 0 Å². The molecule has 7 nitrogen and oxygen atoms in total. The van der Waals surface area contributed by atoms with Gasteiger partial charge in [0.05, 0.1) is 18.2 Å². The Morgan fingerprint density at radius 3 is 2.66 bits per heavy atom. The number of amides is 1. The minimum Gasteiger partial charge on any atom is -0.485 e. The van der Waals surface area contributed by atoms with Crippen LogP contribution in [-0.4, -0.2) is 34.6 Å². The fraction of sp³-hybridized carbons (Fsp3) is 0.364. The molecule has 152 valence electrons. The highest BCUT2D eigenvalue weighted by Gasteiger charge is 2.48. The fourth-order valence-electron chi connectivity index (χ4n) is 3.24. The Morgan fingerprint density at radius 1 is 1.28 bits per heavy atom. The number of aliphatic hydroxyl groups excluding tert-OH is 1. The number of fused-ring (bicyclic) bond motifs is 1. The van der Waals surface area contributed by atoms with Crippen LogP contribution in [0.15, 0.2) is 48.5 Å². The molecule has 7 heteroatoms. The maximum absolute atomic E-state index is 12.7. The monoisotopic (exact) mass is 396 g/mol. The summed E-state index contributed by atoms with van der Waals surface area (Å²) in [6.07, 6.45) is -1.84. The van der Waals surface area contributed by atoms with Crippen LogP contribution in [0.25, 0.3) is 0 Å². The molecule has 0 saturated heterocycles. The number of hydroxylamine groups is 2. The van der Waals surface area contributed by atoms with E-state index in [4.69, 9.17) is 14.3 Å². The van der Waals surface area contributed by atoms with Gasteiger partial charge in [-0.3, -0.25) is 4.84 Å². The van der Waals surface area contributed by atoms with Crippen LogP contribution >= 0.6 is 0 Å². The van der Waals surface area contributed by atoms with E-state index in [2.05, 4.69) is 6.07 Å². The molecule has 0 bridgehead atoms. The van der Waals surface area contributed by atoms with E-state index in [1.165, 1.54) is 0 Å². The zero-order valence-electron chi connectivity index (χ0n) is 16.7. The van der Waals surface area contributed by atoms with Crippen molar-refractivity contribution in [2.75, 3.05) is 6.61 Å². The first kappa shape index (κ1) is 20.6. The van der Waals surface area contributed by atoms with Gasteiger partial charge in [-0.15, -0.1) is 0 Å². The second kappa shape index (κ2) is 8.52. The van der Waals surface area contributed by atoms with E-state index >= 15 is 0 Å². The SMILES string of the molecule is CCOC(=O)N(OCc1ccccc1)C1c2cc(C#N)ccc2OC(C)(C)C1O. The van der Waals surface area contributed by atoms with Crippen molar-refractivity contribution in [3.05, 3.63) is 65.2 Å². The summed E-state index contributed by atoms with van der Waals surface area (Å²) in [5.74, 6) is 0.474. The molecule has 2 atom stereocenters. The number of carbonyl (C=O) groups excluding carboxylic acids is 1. The van der Waals surface area contributed by atoms with E-state index in [1.54, 1.807) is 39.0 Å². The molecule has 0 aromatic heterocycles. The lowest BCUT2D eigenvalue weighted by Crippen LogP contribution is -2.54. The molecule has 0 radical (unpaired) electrons. The summed E-state index contributed by atoms with van der Waals surface area (Å²) in [5, 5.41) is 21.4. The fourth-order valence-corrected chi connectivity index (χ4v) is 3.24. The Morgan fingerprint density at radius 2 is 2.00 bits per heavy atom. The van der Waals surface area contributed by atoms with Crippen molar-refractivity contribution >= 4 is 6.09 Å². The molecular formula is C22H24N2O5. The largest absolute Gasteiger partial charge is 0.485 e. The normalized spacial score (nSPS) is 19.4. The molecule has 0 fully saturated rings. The smallest absolute Gasteiger partial charge is 0.434 e. The van der Waals surface area contributed by atoms with E-state index in [1.807, 2.05) is 30.3 Å². The molecule has 29 heavy (non-hydrogen) atoms. The molecule has 1 N–H and O–H groups in total. The molecule has 2 unspecified atom stereocenters. The Hall–Kier alpha value is -3.08. The molecule has 1 heterocycles. The summed E-state index contributed by atoms with van der Waals surface area (Å²) in [6, 6.07) is 15.4. The Labute approximate surface area is 170 Å². The van der Waals surface area contributed by atoms with Crippen molar-refractivity contribution in [1.29, 1.82) is 5.26 Å². The summed E-state index contributed by atoms with van der Waals surface area (Å²) in [5.41, 5.74) is 0.730. The van der Waals surface area contributed by atoms with Crippen molar-refractivity contribution in [3.63, 3.8) is 0 Å². The van der Waals surface area contributed by atoms with Gasteiger partial charge in [-0.25, -0.2) is 4.79 Å². The second-order valence-electron chi connectivity index (χ2n) is 7.24. The number of benzene rings is 2. The van der Waals surface area contributed by atoms with E-state index in [9.17, 15) is 15.2 Å². The van der Waals surface area contributed by atoms with Gasteiger partial charge < -0.3 is 14.6 Å². The third kappa shape index (κ3) is 4.34. The summed E-state index contributed by atoms with van der Waals surface area (Å²) >= 11 is 0. The maximum Gasteiger partial charge on any atom is 0.434 e. The highest BCUT2D eigenvalue weighted by molar-refractivity contribution is 5.68. The molecular weight excluding hydrogens is 372 g/mol.